The minimum absolute atomic E-state index is 0.0348. The van der Waals surface area contributed by atoms with Crippen LogP contribution in [0.3, 0.4) is 0 Å². The van der Waals surface area contributed by atoms with Crippen LogP contribution in [0.2, 0.25) is 0 Å². The van der Waals surface area contributed by atoms with Crippen molar-refractivity contribution in [1.29, 1.82) is 0 Å². The maximum atomic E-state index is 8.99. The van der Waals surface area contributed by atoms with Gasteiger partial charge in [-0.05, 0) is 26.3 Å². The Hall–Kier alpha value is -0.0800. The molecule has 2 N–H and O–H groups in total. The highest BCUT2D eigenvalue weighted by Crippen LogP contribution is 2.17. The Morgan fingerprint density at radius 3 is 2.50 bits per heavy atom. The minimum Gasteiger partial charge on any atom is -0.393 e. The highest BCUT2D eigenvalue weighted by Gasteiger charge is 2.20. The standard InChI is InChI=1S/C6H13NO/c1-7-5-2-3-6(8)4-5/h5-8H,2-4H2,1H3. The number of aliphatic hydroxyl groups excluding tert-OH is 1. The van der Waals surface area contributed by atoms with E-state index in [4.69, 9.17) is 5.11 Å². The van der Waals surface area contributed by atoms with Crippen molar-refractivity contribution >= 4 is 0 Å². The molecule has 0 aromatic rings. The molecular formula is C6H13NO. The molecule has 2 atom stereocenters. The fraction of sp³-hybridized carbons (Fsp3) is 1.00. The zero-order valence-corrected chi connectivity index (χ0v) is 5.22. The lowest BCUT2D eigenvalue weighted by atomic mass is 10.2. The summed E-state index contributed by atoms with van der Waals surface area (Å²) in [5.41, 5.74) is 0. The lowest BCUT2D eigenvalue weighted by Gasteiger charge is -2.04. The third kappa shape index (κ3) is 1.20. The first-order chi connectivity index (χ1) is 3.83. The molecule has 48 valence electrons. The Morgan fingerprint density at radius 1 is 1.50 bits per heavy atom. The molecule has 0 aromatic heterocycles. The van der Waals surface area contributed by atoms with Gasteiger partial charge in [0.25, 0.3) is 0 Å². The van der Waals surface area contributed by atoms with E-state index in [0.717, 1.165) is 19.3 Å². The summed E-state index contributed by atoms with van der Waals surface area (Å²) >= 11 is 0. The maximum Gasteiger partial charge on any atom is 0.0555 e. The second kappa shape index (κ2) is 2.46. The van der Waals surface area contributed by atoms with Gasteiger partial charge in [-0.1, -0.05) is 0 Å². The number of hydrogen-bond acceptors (Lipinski definition) is 2. The van der Waals surface area contributed by atoms with Crippen molar-refractivity contribution in [2.24, 2.45) is 0 Å². The van der Waals surface area contributed by atoms with E-state index in [1.54, 1.807) is 0 Å². The van der Waals surface area contributed by atoms with E-state index in [0.29, 0.717) is 6.04 Å². The summed E-state index contributed by atoms with van der Waals surface area (Å²) in [4.78, 5) is 0. The van der Waals surface area contributed by atoms with Crippen molar-refractivity contribution in [3.63, 3.8) is 0 Å². The largest absolute Gasteiger partial charge is 0.393 e. The predicted molar refractivity (Wildman–Crippen MR) is 32.7 cm³/mol. The Bertz CT molecular complexity index is 74.9. The fourth-order valence-electron chi connectivity index (χ4n) is 1.22. The quantitative estimate of drug-likeness (QED) is 0.508. The molecule has 0 saturated heterocycles. The first kappa shape index (κ1) is 6.05. The molecule has 2 nitrogen and oxygen atoms in total. The molecule has 2 unspecified atom stereocenters. The topological polar surface area (TPSA) is 32.3 Å². The van der Waals surface area contributed by atoms with Gasteiger partial charge in [-0.25, -0.2) is 0 Å². The molecule has 2 heteroatoms. The van der Waals surface area contributed by atoms with Crippen LogP contribution in [0.15, 0.2) is 0 Å². The van der Waals surface area contributed by atoms with Gasteiger partial charge in [0.2, 0.25) is 0 Å². The van der Waals surface area contributed by atoms with Crippen LogP contribution >= 0.6 is 0 Å². The first-order valence-electron chi connectivity index (χ1n) is 3.18. The average Bonchev–Trinajstić information content (AvgIpc) is 2.14. The zero-order chi connectivity index (χ0) is 5.98. The number of rotatable bonds is 1. The third-order valence-electron chi connectivity index (χ3n) is 1.81. The molecule has 1 rings (SSSR count). The Kier molecular flexibility index (Phi) is 1.86. The van der Waals surface area contributed by atoms with E-state index < -0.39 is 0 Å². The smallest absolute Gasteiger partial charge is 0.0555 e. The average molecular weight is 115 g/mol. The Labute approximate surface area is 49.9 Å². The summed E-state index contributed by atoms with van der Waals surface area (Å²) in [6, 6.07) is 0.574. The molecule has 0 heterocycles. The van der Waals surface area contributed by atoms with E-state index in [9.17, 15) is 0 Å². The van der Waals surface area contributed by atoms with E-state index in [2.05, 4.69) is 5.32 Å². The van der Waals surface area contributed by atoms with Crippen LogP contribution in [-0.2, 0) is 0 Å². The molecule has 0 aromatic carbocycles. The first-order valence-corrected chi connectivity index (χ1v) is 3.18. The van der Waals surface area contributed by atoms with Gasteiger partial charge in [0.15, 0.2) is 0 Å². The molecule has 1 saturated carbocycles. The van der Waals surface area contributed by atoms with Gasteiger partial charge < -0.3 is 10.4 Å². The van der Waals surface area contributed by atoms with Crippen molar-refractivity contribution in [3.05, 3.63) is 0 Å². The van der Waals surface area contributed by atoms with E-state index in [1.165, 1.54) is 0 Å². The molecule has 1 aliphatic carbocycles. The van der Waals surface area contributed by atoms with Crippen LogP contribution in [0.4, 0.5) is 0 Å². The van der Waals surface area contributed by atoms with Gasteiger partial charge in [-0.2, -0.15) is 0 Å². The predicted octanol–water partition coefficient (Wildman–Crippen LogP) is 0.119. The summed E-state index contributed by atoms with van der Waals surface area (Å²) in [5.74, 6) is 0. The molecule has 0 amide bonds. The van der Waals surface area contributed by atoms with Crippen molar-refractivity contribution in [3.8, 4) is 0 Å². The van der Waals surface area contributed by atoms with E-state index in [-0.39, 0.29) is 6.10 Å². The molecule has 0 radical (unpaired) electrons. The van der Waals surface area contributed by atoms with Gasteiger partial charge in [-0.3, -0.25) is 0 Å². The van der Waals surface area contributed by atoms with E-state index >= 15 is 0 Å². The Balaban J connectivity index is 2.22. The van der Waals surface area contributed by atoms with E-state index in [1.807, 2.05) is 7.05 Å². The lowest BCUT2D eigenvalue weighted by Crippen LogP contribution is -2.21. The fourth-order valence-corrected chi connectivity index (χ4v) is 1.22. The molecule has 8 heavy (non-hydrogen) atoms. The van der Waals surface area contributed by atoms with Gasteiger partial charge >= 0.3 is 0 Å². The highest BCUT2D eigenvalue weighted by atomic mass is 16.3. The van der Waals surface area contributed by atoms with Crippen molar-refractivity contribution in [2.75, 3.05) is 7.05 Å². The summed E-state index contributed by atoms with van der Waals surface area (Å²) in [5, 5.41) is 12.1. The minimum atomic E-state index is -0.0348. The second-order valence-corrected chi connectivity index (χ2v) is 2.45. The lowest BCUT2D eigenvalue weighted by molar-refractivity contribution is 0.180. The van der Waals surface area contributed by atoms with Gasteiger partial charge in [-0.15, -0.1) is 0 Å². The Morgan fingerprint density at radius 2 is 2.25 bits per heavy atom. The van der Waals surface area contributed by atoms with Crippen LogP contribution in [0.1, 0.15) is 19.3 Å². The summed E-state index contributed by atoms with van der Waals surface area (Å²) in [6.45, 7) is 0. The van der Waals surface area contributed by atoms with Gasteiger partial charge in [0, 0.05) is 6.04 Å². The highest BCUT2D eigenvalue weighted by molar-refractivity contribution is 4.78. The van der Waals surface area contributed by atoms with Crippen LogP contribution in [0.25, 0.3) is 0 Å². The summed E-state index contributed by atoms with van der Waals surface area (Å²) in [6.07, 6.45) is 3.02. The second-order valence-electron chi connectivity index (χ2n) is 2.45. The monoisotopic (exact) mass is 115 g/mol. The summed E-state index contributed by atoms with van der Waals surface area (Å²) < 4.78 is 0. The molecular weight excluding hydrogens is 102 g/mol. The zero-order valence-electron chi connectivity index (χ0n) is 5.22. The SMILES string of the molecule is CNC1CCC(O)C1. The molecule has 0 aliphatic heterocycles. The number of aliphatic hydroxyl groups is 1. The summed E-state index contributed by atoms with van der Waals surface area (Å²) in [7, 11) is 1.95. The molecule has 0 bridgehead atoms. The van der Waals surface area contributed by atoms with Crippen molar-refractivity contribution < 1.29 is 5.11 Å². The van der Waals surface area contributed by atoms with Crippen molar-refractivity contribution in [1.82, 2.24) is 5.32 Å². The van der Waals surface area contributed by atoms with Crippen LogP contribution < -0.4 is 5.32 Å². The third-order valence-corrected chi connectivity index (χ3v) is 1.81. The number of hydrogen-bond donors (Lipinski definition) is 2. The molecule has 1 fully saturated rings. The van der Waals surface area contributed by atoms with Crippen LogP contribution in [0, 0.1) is 0 Å². The molecule has 0 spiro atoms. The normalized spacial score (nSPS) is 38.2. The van der Waals surface area contributed by atoms with Gasteiger partial charge in [0.1, 0.15) is 0 Å². The maximum absolute atomic E-state index is 8.99. The molecule has 1 aliphatic rings. The van der Waals surface area contributed by atoms with Crippen LogP contribution in [0.5, 0.6) is 0 Å². The van der Waals surface area contributed by atoms with Gasteiger partial charge in [0.05, 0.1) is 6.10 Å². The number of nitrogens with one attached hydrogen (secondary N) is 1. The van der Waals surface area contributed by atoms with Crippen molar-refractivity contribution in [2.45, 2.75) is 31.4 Å². The van der Waals surface area contributed by atoms with Crippen LogP contribution in [-0.4, -0.2) is 24.3 Å².